The number of halogens is 2. The predicted octanol–water partition coefficient (Wildman–Crippen LogP) is 3.86. The fourth-order valence-electron chi connectivity index (χ4n) is 2.59. The molecule has 0 saturated heterocycles. The van der Waals surface area contributed by atoms with Gasteiger partial charge in [0.05, 0.1) is 29.9 Å². The number of aryl methyl sites for hydroxylation is 1. The molecule has 0 unspecified atom stereocenters. The third-order valence-corrected chi connectivity index (χ3v) is 4.26. The van der Waals surface area contributed by atoms with E-state index < -0.39 is 0 Å². The summed E-state index contributed by atoms with van der Waals surface area (Å²) in [6.07, 6.45) is 0. The minimum absolute atomic E-state index is 0.112. The topological polar surface area (TPSA) is 42.4 Å². The second kappa shape index (κ2) is 5.78. The zero-order valence-electron chi connectivity index (χ0n) is 12.2. The minimum atomic E-state index is -0.112. The van der Waals surface area contributed by atoms with E-state index in [9.17, 15) is 4.79 Å². The van der Waals surface area contributed by atoms with Crippen molar-refractivity contribution < 1.29 is 9.53 Å². The van der Waals surface area contributed by atoms with Crippen LogP contribution in [0.2, 0.25) is 10.2 Å². The van der Waals surface area contributed by atoms with E-state index in [2.05, 4.69) is 4.98 Å². The molecule has 2 aromatic rings. The van der Waals surface area contributed by atoms with Crippen molar-refractivity contribution in [2.75, 3.05) is 7.11 Å². The summed E-state index contributed by atoms with van der Waals surface area (Å²) < 4.78 is 5.20. The summed E-state index contributed by atoms with van der Waals surface area (Å²) in [5, 5.41) is 0.660. The van der Waals surface area contributed by atoms with E-state index in [1.165, 1.54) is 6.07 Å². The molecule has 0 atom stereocenters. The van der Waals surface area contributed by atoms with Crippen molar-refractivity contribution in [3.05, 3.63) is 56.8 Å². The molecular weight excluding hydrogens is 323 g/mol. The summed E-state index contributed by atoms with van der Waals surface area (Å²) in [5.41, 5.74) is 3.22. The van der Waals surface area contributed by atoms with E-state index in [4.69, 9.17) is 27.9 Å². The highest BCUT2D eigenvalue weighted by atomic mass is 35.5. The van der Waals surface area contributed by atoms with Crippen LogP contribution in [0.25, 0.3) is 0 Å². The van der Waals surface area contributed by atoms with Gasteiger partial charge in [-0.25, -0.2) is 4.98 Å². The molecular formula is C16H14Cl2N2O2. The molecule has 2 heterocycles. The van der Waals surface area contributed by atoms with Gasteiger partial charge in [0.1, 0.15) is 10.9 Å². The summed E-state index contributed by atoms with van der Waals surface area (Å²) in [5.74, 6) is 0.688. The SMILES string of the molecule is COc1ccc(CN2Cc3nc(Cl)cc(Cl)c3C2=O)c(C)c1. The third-order valence-electron chi connectivity index (χ3n) is 3.77. The average molecular weight is 337 g/mol. The van der Waals surface area contributed by atoms with Crippen molar-refractivity contribution in [3.8, 4) is 5.75 Å². The number of hydrogen-bond acceptors (Lipinski definition) is 3. The van der Waals surface area contributed by atoms with Crippen molar-refractivity contribution in [1.82, 2.24) is 9.88 Å². The maximum atomic E-state index is 12.5. The lowest BCUT2D eigenvalue weighted by molar-refractivity contribution is 0.0766. The number of fused-ring (bicyclic) bond motifs is 1. The number of aromatic nitrogens is 1. The smallest absolute Gasteiger partial charge is 0.257 e. The maximum absolute atomic E-state index is 12.5. The van der Waals surface area contributed by atoms with Crippen LogP contribution >= 0.6 is 23.2 Å². The number of rotatable bonds is 3. The quantitative estimate of drug-likeness (QED) is 0.799. The molecule has 3 rings (SSSR count). The molecule has 0 radical (unpaired) electrons. The average Bonchev–Trinajstić information content (AvgIpc) is 2.77. The van der Waals surface area contributed by atoms with Gasteiger partial charge < -0.3 is 9.64 Å². The highest BCUT2D eigenvalue weighted by Gasteiger charge is 2.31. The Bertz CT molecular complexity index is 762. The van der Waals surface area contributed by atoms with E-state index in [-0.39, 0.29) is 5.91 Å². The first-order chi connectivity index (χ1) is 10.5. The van der Waals surface area contributed by atoms with Crippen LogP contribution in [0.3, 0.4) is 0 Å². The third kappa shape index (κ3) is 2.64. The van der Waals surface area contributed by atoms with E-state index >= 15 is 0 Å². The largest absolute Gasteiger partial charge is 0.497 e. The Kier molecular flexibility index (Phi) is 3.98. The molecule has 0 N–H and O–H groups in total. The van der Waals surface area contributed by atoms with Gasteiger partial charge >= 0.3 is 0 Å². The zero-order chi connectivity index (χ0) is 15.9. The summed E-state index contributed by atoms with van der Waals surface area (Å²) in [6, 6.07) is 7.30. The molecule has 1 aromatic heterocycles. The Morgan fingerprint density at radius 1 is 1.32 bits per heavy atom. The predicted molar refractivity (Wildman–Crippen MR) is 85.6 cm³/mol. The highest BCUT2D eigenvalue weighted by Crippen LogP contribution is 2.31. The van der Waals surface area contributed by atoms with Gasteiger partial charge in [0.2, 0.25) is 0 Å². The molecule has 114 valence electrons. The molecule has 4 nitrogen and oxygen atoms in total. The van der Waals surface area contributed by atoms with Crippen LogP contribution in [-0.4, -0.2) is 22.9 Å². The number of ether oxygens (including phenoxy) is 1. The van der Waals surface area contributed by atoms with Gasteiger partial charge in [0, 0.05) is 6.54 Å². The lowest BCUT2D eigenvalue weighted by Crippen LogP contribution is -2.23. The summed E-state index contributed by atoms with van der Waals surface area (Å²) in [7, 11) is 1.63. The minimum Gasteiger partial charge on any atom is -0.497 e. The molecule has 1 amide bonds. The van der Waals surface area contributed by atoms with Crippen LogP contribution in [0.15, 0.2) is 24.3 Å². The Morgan fingerprint density at radius 3 is 2.77 bits per heavy atom. The number of amides is 1. The van der Waals surface area contributed by atoms with Gasteiger partial charge in [-0.2, -0.15) is 0 Å². The van der Waals surface area contributed by atoms with Crippen molar-refractivity contribution in [2.24, 2.45) is 0 Å². The Hall–Kier alpha value is -1.78. The molecule has 0 fully saturated rings. The molecule has 1 aromatic carbocycles. The maximum Gasteiger partial charge on any atom is 0.257 e. The van der Waals surface area contributed by atoms with Crippen LogP contribution in [0, 0.1) is 6.92 Å². The van der Waals surface area contributed by atoms with E-state index in [1.807, 2.05) is 25.1 Å². The number of pyridine rings is 1. The number of carbonyl (C=O) groups excluding carboxylic acids is 1. The molecule has 0 spiro atoms. The molecule has 1 aliphatic rings. The van der Waals surface area contributed by atoms with Gasteiger partial charge in [-0.05, 0) is 36.2 Å². The van der Waals surface area contributed by atoms with Crippen LogP contribution in [-0.2, 0) is 13.1 Å². The monoisotopic (exact) mass is 336 g/mol. The first-order valence-electron chi connectivity index (χ1n) is 6.77. The molecule has 1 aliphatic heterocycles. The van der Waals surface area contributed by atoms with Crippen molar-refractivity contribution in [2.45, 2.75) is 20.0 Å². The van der Waals surface area contributed by atoms with Crippen LogP contribution < -0.4 is 4.74 Å². The van der Waals surface area contributed by atoms with Crippen LogP contribution in [0.1, 0.15) is 27.2 Å². The van der Waals surface area contributed by atoms with Gasteiger partial charge in [-0.15, -0.1) is 0 Å². The summed E-state index contributed by atoms with van der Waals surface area (Å²) >= 11 is 12.0. The van der Waals surface area contributed by atoms with E-state index in [0.29, 0.717) is 34.5 Å². The molecule has 0 saturated carbocycles. The molecule has 6 heteroatoms. The van der Waals surface area contributed by atoms with Gasteiger partial charge in [0.25, 0.3) is 5.91 Å². The lowest BCUT2D eigenvalue weighted by atomic mass is 10.1. The lowest BCUT2D eigenvalue weighted by Gasteiger charge is -2.17. The zero-order valence-corrected chi connectivity index (χ0v) is 13.7. The van der Waals surface area contributed by atoms with Gasteiger partial charge in [0.15, 0.2) is 0 Å². The van der Waals surface area contributed by atoms with E-state index in [1.54, 1.807) is 12.0 Å². The Labute approximate surface area is 138 Å². The van der Waals surface area contributed by atoms with Crippen LogP contribution in [0.4, 0.5) is 0 Å². The van der Waals surface area contributed by atoms with Crippen molar-refractivity contribution in [3.63, 3.8) is 0 Å². The van der Waals surface area contributed by atoms with Crippen molar-refractivity contribution in [1.29, 1.82) is 0 Å². The molecule has 0 bridgehead atoms. The Morgan fingerprint density at radius 2 is 2.09 bits per heavy atom. The second-order valence-corrected chi connectivity index (χ2v) is 6.00. The number of nitrogens with zero attached hydrogens (tertiary/aromatic N) is 2. The number of hydrogen-bond donors (Lipinski definition) is 0. The molecule has 22 heavy (non-hydrogen) atoms. The normalized spacial score (nSPS) is 13.5. The first kappa shape index (κ1) is 15.1. The fraction of sp³-hybridized carbons (Fsp3) is 0.250. The van der Waals surface area contributed by atoms with Gasteiger partial charge in [-0.3, -0.25) is 4.79 Å². The fourth-order valence-corrected chi connectivity index (χ4v) is 3.15. The standard InChI is InChI=1S/C16H14Cl2N2O2/c1-9-5-11(22-2)4-3-10(9)7-20-8-13-15(16(20)21)12(17)6-14(18)19-13/h3-6H,7-8H2,1-2H3. The number of methoxy groups -OCH3 is 1. The van der Waals surface area contributed by atoms with Gasteiger partial charge in [-0.1, -0.05) is 29.3 Å². The first-order valence-corrected chi connectivity index (χ1v) is 7.53. The Balaban J connectivity index is 1.87. The number of benzene rings is 1. The second-order valence-electron chi connectivity index (χ2n) is 5.20. The summed E-state index contributed by atoms with van der Waals surface area (Å²) in [6.45, 7) is 2.91. The highest BCUT2D eigenvalue weighted by molar-refractivity contribution is 6.36. The van der Waals surface area contributed by atoms with E-state index in [0.717, 1.165) is 16.9 Å². The molecule has 0 aliphatic carbocycles. The van der Waals surface area contributed by atoms with Crippen molar-refractivity contribution >= 4 is 29.1 Å². The number of carbonyl (C=O) groups is 1. The van der Waals surface area contributed by atoms with Crippen LogP contribution in [0.5, 0.6) is 5.75 Å². The summed E-state index contributed by atoms with van der Waals surface area (Å²) in [4.78, 5) is 18.4.